The molecule has 0 radical (unpaired) electrons. The molecule has 0 aliphatic rings. The molecule has 0 spiro atoms. The molecule has 0 amide bonds. The third-order valence-corrected chi connectivity index (χ3v) is 1.85. The van der Waals surface area contributed by atoms with Crippen LogP contribution in [0.2, 0.25) is 0 Å². The molecule has 0 aromatic heterocycles. The second kappa shape index (κ2) is 6.27. The maximum absolute atomic E-state index is 9.46. The number of hydrogen-bond acceptors (Lipinski definition) is 4. The highest BCUT2D eigenvalue weighted by molar-refractivity contribution is 5.41. The van der Waals surface area contributed by atoms with Crippen LogP contribution in [-0.4, -0.2) is 18.3 Å². The minimum atomic E-state index is 0.164. The van der Waals surface area contributed by atoms with Gasteiger partial charge in [0.2, 0.25) is 0 Å². The van der Waals surface area contributed by atoms with Crippen LogP contribution in [0.1, 0.15) is 19.4 Å². The van der Waals surface area contributed by atoms with Crippen LogP contribution in [0.15, 0.2) is 18.2 Å². The van der Waals surface area contributed by atoms with Gasteiger partial charge in [0.1, 0.15) is 0 Å². The van der Waals surface area contributed by atoms with Crippen molar-refractivity contribution in [1.29, 1.82) is 0 Å². The minimum Gasteiger partial charge on any atom is -0.504 e. The fourth-order valence-corrected chi connectivity index (χ4v) is 1.18. The first-order valence-corrected chi connectivity index (χ1v) is 5.07. The van der Waals surface area contributed by atoms with Crippen LogP contribution in [-0.2, 0) is 11.4 Å². The number of phenolic OH excluding ortho intramolecular Hbond substituents is 1. The first-order chi connectivity index (χ1) is 7.27. The molecule has 0 atom stereocenters. The fourth-order valence-electron chi connectivity index (χ4n) is 1.18. The molecule has 0 bridgehead atoms. The second-order valence-electron chi connectivity index (χ2n) is 2.99. The Hall–Kier alpha value is -1.26. The van der Waals surface area contributed by atoms with E-state index in [9.17, 15) is 5.11 Å². The van der Waals surface area contributed by atoms with Crippen molar-refractivity contribution in [3.05, 3.63) is 23.8 Å². The van der Waals surface area contributed by atoms with E-state index in [0.29, 0.717) is 25.5 Å². The number of hydroxylamine groups is 1. The Bertz CT molecular complexity index is 302. The van der Waals surface area contributed by atoms with Gasteiger partial charge < -0.3 is 14.7 Å². The standard InChI is InChI=1S/C11H17NO3/c1-3-14-11-7-9(5-6-10(11)13)8-12-15-4-2/h5-7,12-13H,3-4,8H2,1-2H3. The number of hydrogen-bond donors (Lipinski definition) is 2. The average Bonchev–Trinajstić information content (AvgIpc) is 2.23. The Kier molecular flexibility index (Phi) is 4.93. The van der Waals surface area contributed by atoms with Crippen LogP contribution in [0.4, 0.5) is 0 Å². The quantitative estimate of drug-likeness (QED) is 0.557. The third kappa shape index (κ3) is 3.77. The minimum absolute atomic E-state index is 0.164. The third-order valence-electron chi connectivity index (χ3n) is 1.85. The summed E-state index contributed by atoms with van der Waals surface area (Å²) in [6, 6.07) is 5.24. The molecule has 4 heteroatoms. The first-order valence-electron chi connectivity index (χ1n) is 5.07. The molecule has 84 valence electrons. The zero-order valence-corrected chi connectivity index (χ0v) is 9.12. The van der Waals surface area contributed by atoms with Crippen molar-refractivity contribution in [3.8, 4) is 11.5 Å². The van der Waals surface area contributed by atoms with Crippen LogP contribution < -0.4 is 10.2 Å². The van der Waals surface area contributed by atoms with Crippen molar-refractivity contribution in [3.63, 3.8) is 0 Å². The molecule has 2 N–H and O–H groups in total. The summed E-state index contributed by atoms with van der Waals surface area (Å²) in [4.78, 5) is 5.01. The van der Waals surface area contributed by atoms with Gasteiger partial charge in [0, 0.05) is 6.54 Å². The summed E-state index contributed by atoms with van der Waals surface area (Å²) in [7, 11) is 0. The van der Waals surface area contributed by atoms with E-state index in [2.05, 4.69) is 5.48 Å². The summed E-state index contributed by atoms with van der Waals surface area (Å²) >= 11 is 0. The Labute approximate surface area is 89.8 Å². The van der Waals surface area contributed by atoms with Gasteiger partial charge in [0.15, 0.2) is 11.5 Å². The predicted molar refractivity (Wildman–Crippen MR) is 57.7 cm³/mol. The van der Waals surface area contributed by atoms with Gasteiger partial charge in [-0.15, -0.1) is 0 Å². The summed E-state index contributed by atoms with van der Waals surface area (Å²) < 4.78 is 5.26. The molecule has 1 aromatic carbocycles. The van der Waals surface area contributed by atoms with Crippen molar-refractivity contribution in [2.75, 3.05) is 13.2 Å². The summed E-state index contributed by atoms with van der Waals surface area (Å²) in [6.07, 6.45) is 0. The highest BCUT2D eigenvalue weighted by atomic mass is 16.6. The van der Waals surface area contributed by atoms with E-state index < -0.39 is 0 Å². The highest BCUT2D eigenvalue weighted by Crippen LogP contribution is 2.26. The van der Waals surface area contributed by atoms with Crippen molar-refractivity contribution >= 4 is 0 Å². The normalized spacial score (nSPS) is 10.3. The monoisotopic (exact) mass is 211 g/mol. The van der Waals surface area contributed by atoms with Gasteiger partial charge >= 0.3 is 0 Å². The number of nitrogens with one attached hydrogen (secondary N) is 1. The molecular formula is C11H17NO3. The highest BCUT2D eigenvalue weighted by Gasteiger charge is 2.02. The number of aromatic hydroxyl groups is 1. The summed E-state index contributed by atoms with van der Waals surface area (Å²) in [5.74, 6) is 0.672. The SMILES string of the molecule is CCONCc1ccc(O)c(OCC)c1. The predicted octanol–water partition coefficient (Wildman–Crippen LogP) is 1.83. The average molecular weight is 211 g/mol. The Morgan fingerprint density at radius 1 is 1.27 bits per heavy atom. The van der Waals surface area contributed by atoms with Crippen LogP contribution in [0, 0.1) is 0 Å². The van der Waals surface area contributed by atoms with Crippen LogP contribution in [0.25, 0.3) is 0 Å². The van der Waals surface area contributed by atoms with Crippen LogP contribution >= 0.6 is 0 Å². The summed E-state index contributed by atoms with van der Waals surface area (Å²) in [5.41, 5.74) is 3.81. The van der Waals surface area contributed by atoms with Gasteiger partial charge in [0.05, 0.1) is 13.2 Å². The molecule has 1 aromatic rings. The lowest BCUT2D eigenvalue weighted by molar-refractivity contribution is 0.0463. The van der Waals surface area contributed by atoms with E-state index in [0.717, 1.165) is 5.56 Å². The van der Waals surface area contributed by atoms with Crippen LogP contribution in [0.5, 0.6) is 11.5 Å². The van der Waals surface area contributed by atoms with Gasteiger partial charge in [-0.3, -0.25) is 0 Å². The molecule has 0 saturated heterocycles. The van der Waals surface area contributed by atoms with E-state index >= 15 is 0 Å². The molecule has 0 unspecified atom stereocenters. The second-order valence-corrected chi connectivity index (χ2v) is 2.99. The molecule has 15 heavy (non-hydrogen) atoms. The molecule has 0 aliphatic carbocycles. The lowest BCUT2D eigenvalue weighted by Crippen LogP contribution is -2.13. The topological polar surface area (TPSA) is 50.7 Å². The smallest absolute Gasteiger partial charge is 0.161 e. The molecule has 4 nitrogen and oxygen atoms in total. The lowest BCUT2D eigenvalue weighted by atomic mass is 10.2. The Morgan fingerprint density at radius 2 is 2.07 bits per heavy atom. The van der Waals surface area contributed by atoms with Gasteiger partial charge in [-0.25, -0.2) is 0 Å². The number of rotatable bonds is 6. The van der Waals surface area contributed by atoms with Crippen molar-refractivity contribution in [2.24, 2.45) is 0 Å². The molecule has 0 aliphatic heterocycles. The fraction of sp³-hybridized carbons (Fsp3) is 0.455. The molecule has 1 rings (SSSR count). The van der Waals surface area contributed by atoms with Crippen molar-refractivity contribution < 1.29 is 14.7 Å². The van der Waals surface area contributed by atoms with Gasteiger partial charge in [-0.2, -0.15) is 5.48 Å². The number of ether oxygens (including phenoxy) is 1. The van der Waals surface area contributed by atoms with Gasteiger partial charge in [0.25, 0.3) is 0 Å². The van der Waals surface area contributed by atoms with E-state index in [1.807, 2.05) is 19.9 Å². The molecule has 0 heterocycles. The largest absolute Gasteiger partial charge is 0.504 e. The van der Waals surface area contributed by atoms with E-state index in [4.69, 9.17) is 9.57 Å². The number of phenols is 1. The summed E-state index contributed by atoms with van der Waals surface area (Å²) in [6.45, 7) is 5.54. The maximum Gasteiger partial charge on any atom is 0.161 e. The van der Waals surface area contributed by atoms with Gasteiger partial charge in [-0.1, -0.05) is 6.07 Å². The molecule has 0 fully saturated rings. The summed E-state index contributed by atoms with van der Waals surface area (Å²) in [5, 5.41) is 9.46. The zero-order chi connectivity index (χ0) is 11.1. The lowest BCUT2D eigenvalue weighted by Gasteiger charge is -2.08. The van der Waals surface area contributed by atoms with E-state index in [1.165, 1.54) is 0 Å². The Morgan fingerprint density at radius 3 is 2.73 bits per heavy atom. The van der Waals surface area contributed by atoms with Crippen molar-refractivity contribution in [2.45, 2.75) is 20.4 Å². The van der Waals surface area contributed by atoms with Crippen LogP contribution in [0.3, 0.4) is 0 Å². The zero-order valence-electron chi connectivity index (χ0n) is 9.12. The maximum atomic E-state index is 9.46. The molecular weight excluding hydrogens is 194 g/mol. The number of benzene rings is 1. The van der Waals surface area contributed by atoms with Gasteiger partial charge in [-0.05, 0) is 31.5 Å². The van der Waals surface area contributed by atoms with Crippen molar-refractivity contribution in [1.82, 2.24) is 5.48 Å². The van der Waals surface area contributed by atoms with E-state index in [1.54, 1.807) is 12.1 Å². The Balaban J connectivity index is 2.61. The first kappa shape index (κ1) is 11.8. The molecule has 0 saturated carbocycles. The van der Waals surface area contributed by atoms with E-state index in [-0.39, 0.29) is 5.75 Å².